The fourth-order valence-electron chi connectivity index (χ4n) is 6.16. The molecule has 8 heteroatoms. The summed E-state index contributed by atoms with van der Waals surface area (Å²) in [6.45, 7) is 1.24. The highest BCUT2D eigenvalue weighted by Gasteiger charge is 2.69. The lowest BCUT2D eigenvalue weighted by Gasteiger charge is -2.40. The molecule has 1 aliphatic carbocycles. The maximum Gasteiger partial charge on any atom is 0.250 e. The predicted molar refractivity (Wildman–Crippen MR) is 120 cm³/mol. The fourth-order valence-corrected chi connectivity index (χ4v) is 6.52. The number of carbonyl (C=O) groups is 2. The smallest absolute Gasteiger partial charge is 0.250 e. The number of halogens is 3. The molecule has 1 spiro atoms. The predicted octanol–water partition coefficient (Wildman–Crippen LogP) is 4.29. The van der Waals surface area contributed by atoms with Gasteiger partial charge in [-0.1, -0.05) is 41.4 Å². The lowest BCUT2D eigenvalue weighted by molar-refractivity contribution is -0.128. The number of nitrogens with one attached hydrogen (secondary N) is 2. The Kier molecular flexibility index (Phi) is 4.59. The van der Waals surface area contributed by atoms with Crippen molar-refractivity contribution in [2.45, 2.75) is 36.8 Å². The van der Waals surface area contributed by atoms with Crippen LogP contribution in [-0.4, -0.2) is 35.8 Å². The fraction of sp³-hybridized carbons (Fsp3) is 0.417. The Morgan fingerprint density at radius 2 is 1.94 bits per heavy atom. The number of hydrogen-bond acceptors (Lipinski definition) is 3. The molecule has 2 N–H and O–H groups in total. The minimum atomic E-state index is -1.20. The van der Waals surface area contributed by atoms with Gasteiger partial charge in [-0.2, -0.15) is 0 Å². The van der Waals surface area contributed by atoms with Gasteiger partial charge in [-0.25, -0.2) is 4.39 Å². The minimum absolute atomic E-state index is 0.0132. The van der Waals surface area contributed by atoms with Gasteiger partial charge < -0.3 is 10.6 Å². The topological polar surface area (TPSA) is 61.4 Å². The number of hydrogen-bond donors (Lipinski definition) is 2. The molecule has 166 valence electrons. The number of benzene rings is 2. The molecule has 1 saturated carbocycles. The monoisotopic (exact) mass is 473 g/mol. The lowest BCUT2D eigenvalue weighted by atomic mass is 9.70. The molecule has 3 aliphatic heterocycles. The van der Waals surface area contributed by atoms with E-state index in [2.05, 4.69) is 15.5 Å². The van der Waals surface area contributed by atoms with Crippen molar-refractivity contribution in [2.24, 2.45) is 11.8 Å². The molecule has 1 unspecified atom stereocenters. The van der Waals surface area contributed by atoms with Gasteiger partial charge in [0.1, 0.15) is 11.4 Å². The van der Waals surface area contributed by atoms with Gasteiger partial charge in [0.05, 0.1) is 10.9 Å². The van der Waals surface area contributed by atoms with Crippen LogP contribution in [0, 0.1) is 17.7 Å². The number of amides is 2. The molecule has 3 heterocycles. The Morgan fingerprint density at radius 1 is 1.12 bits per heavy atom. The van der Waals surface area contributed by atoms with E-state index < -0.39 is 23.2 Å². The highest BCUT2D eigenvalue weighted by molar-refractivity contribution is 6.31. The zero-order chi connectivity index (χ0) is 22.2. The third-order valence-corrected chi connectivity index (χ3v) is 8.10. The molecule has 2 saturated heterocycles. The first-order valence-corrected chi connectivity index (χ1v) is 11.8. The first-order valence-electron chi connectivity index (χ1n) is 11.0. The highest BCUT2D eigenvalue weighted by atomic mass is 35.5. The molecule has 4 atom stereocenters. The third-order valence-electron chi connectivity index (χ3n) is 7.57. The van der Waals surface area contributed by atoms with Gasteiger partial charge in [-0.05, 0) is 48.9 Å². The summed E-state index contributed by atoms with van der Waals surface area (Å²) in [6.07, 6.45) is 2.91. The summed E-state index contributed by atoms with van der Waals surface area (Å²) < 4.78 is 15.5. The molecule has 0 bridgehead atoms. The van der Waals surface area contributed by atoms with Gasteiger partial charge in [0.25, 0.3) is 0 Å². The van der Waals surface area contributed by atoms with E-state index in [9.17, 15) is 9.59 Å². The minimum Gasteiger partial charge on any atom is -0.356 e. The van der Waals surface area contributed by atoms with Crippen LogP contribution >= 0.6 is 23.2 Å². The standard InChI is InChI=1S/C24H22Cl2FN3O2/c25-13-6-7-15-17(10-13)29-23(32)24(15)20(14-2-1-3-16(26)21(14)27)19-18(8-9-28-22(19)31)30(24)11-12-4-5-12/h1-3,6-7,10,12,18-20H,4-5,8-9,11H2,(H,28,31)(H,29,32)/t18-,19+,20?,24+/m0/s1. The van der Waals surface area contributed by atoms with Crippen LogP contribution in [0.5, 0.6) is 0 Å². The van der Waals surface area contributed by atoms with Crippen molar-refractivity contribution < 1.29 is 14.0 Å². The van der Waals surface area contributed by atoms with Gasteiger partial charge in [-0.3, -0.25) is 14.5 Å². The largest absolute Gasteiger partial charge is 0.356 e. The van der Waals surface area contributed by atoms with E-state index in [1.807, 2.05) is 6.07 Å². The molecule has 0 aromatic heterocycles. The van der Waals surface area contributed by atoms with Crippen LogP contribution in [0.3, 0.4) is 0 Å². The molecular formula is C24H22Cl2FN3O2. The quantitative estimate of drug-likeness (QED) is 0.698. The zero-order valence-electron chi connectivity index (χ0n) is 17.2. The maximum atomic E-state index is 15.5. The number of carbonyl (C=O) groups excluding carboxylic acids is 2. The summed E-state index contributed by atoms with van der Waals surface area (Å²) >= 11 is 12.4. The zero-order valence-corrected chi connectivity index (χ0v) is 18.7. The van der Waals surface area contributed by atoms with E-state index in [0.717, 1.165) is 18.4 Å². The second kappa shape index (κ2) is 7.17. The van der Waals surface area contributed by atoms with Crippen molar-refractivity contribution in [1.29, 1.82) is 0 Å². The lowest BCUT2D eigenvalue weighted by Crippen LogP contribution is -2.53. The third kappa shape index (κ3) is 2.72. The summed E-state index contributed by atoms with van der Waals surface area (Å²) in [6, 6.07) is 10.0. The molecule has 2 amide bonds. The average Bonchev–Trinajstić information content (AvgIpc) is 3.47. The highest BCUT2D eigenvalue weighted by Crippen LogP contribution is 2.61. The number of anilines is 1. The second-order valence-electron chi connectivity index (χ2n) is 9.30. The van der Waals surface area contributed by atoms with E-state index in [0.29, 0.717) is 41.7 Å². The summed E-state index contributed by atoms with van der Waals surface area (Å²) in [5, 5.41) is 6.45. The Morgan fingerprint density at radius 3 is 2.72 bits per heavy atom. The summed E-state index contributed by atoms with van der Waals surface area (Å²) in [5.74, 6) is -1.75. The first kappa shape index (κ1) is 20.5. The number of piperidine rings is 1. The van der Waals surface area contributed by atoms with Crippen LogP contribution in [0.1, 0.15) is 36.3 Å². The van der Waals surface area contributed by atoms with E-state index in [1.54, 1.807) is 24.3 Å². The Labute approximate surface area is 195 Å². The van der Waals surface area contributed by atoms with Crippen LogP contribution in [0.2, 0.25) is 10.0 Å². The molecule has 32 heavy (non-hydrogen) atoms. The average molecular weight is 474 g/mol. The Bertz CT molecular complexity index is 1150. The van der Waals surface area contributed by atoms with Crippen LogP contribution in [0.25, 0.3) is 0 Å². The number of fused-ring (bicyclic) bond motifs is 3. The summed E-state index contributed by atoms with van der Waals surface area (Å²) in [5.41, 5.74) is 0.472. The van der Waals surface area contributed by atoms with Crippen LogP contribution in [0.4, 0.5) is 10.1 Å². The van der Waals surface area contributed by atoms with Gasteiger partial charge >= 0.3 is 0 Å². The van der Waals surface area contributed by atoms with Crippen molar-refractivity contribution in [2.75, 3.05) is 18.4 Å². The van der Waals surface area contributed by atoms with E-state index in [-0.39, 0.29) is 22.9 Å². The van der Waals surface area contributed by atoms with Crippen LogP contribution < -0.4 is 10.6 Å². The molecule has 2 aromatic rings. The van der Waals surface area contributed by atoms with Gasteiger partial charge in [0, 0.05) is 41.3 Å². The SMILES string of the molecule is O=C1NCC[C@H]2[C@@H]1C(c1cccc(Cl)c1F)[C@]1(C(=O)Nc3cc(Cl)ccc31)N2CC1CC1. The summed E-state index contributed by atoms with van der Waals surface area (Å²) in [7, 11) is 0. The van der Waals surface area contributed by atoms with E-state index in [1.165, 1.54) is 6.07 Å². The molecule has 3 fully saturated rings. The number of likely N-dealkylation sites (tertiary alicyclic amines) is 1. The molecule has 5 nitrogen and oxygen atoms in total. The number of nitrogens with zero attached hydrogens (tertiary/aromatic N) is 1. The number of rotatable bonds is 3. The maximum absolute atomic E-state index is 15.5. The molecular weight excluding hydrogens is 452 g/mol. The van der Waals surface area contributed by atoms with Crippen molar-refractivity contribution in [3.63, 3.8) is 0 Å². The van der Waals surface area contributed by atoms with Gasteiger partial charge in [0.15, 0.2) is 0 Å². The Balaban J connectivity index is 1.65. The Hall–Kier alpha value is -2.15. The van der Waals surface area contributed by atoms with Crippen molar-refractivity contribution in [1.82, 2.24) is 10.2 Å². The molecule has 4 aliphatic rings. The molecule has 6 rings (SSSR count). The van der Waals surface area contributed by atoms with Crippen molar-refractivity contribution >= 4 is 40.7 Å². The van der Waals surface area contributed by atoms with Gasteiger partial charge in [-0.15, -0.1) is 0 Å². The van der Waals surface area contributed by atoms with E-state index in [4.69, 9.17) is 23.2 Å². The van der Waals surface area contributed by atoms with Gasteiger partial charge in [0.2, 0.25) is 11.8 Å². The second-order valence-corrected chi connectivity index (χ2v) is 10.1. The van der Waals surface area contributed by atoms with Crippen molar-refractivity contribution in [3.8, 4) is 0 Å². The van der Waals surface area contributed by atoms with E-state index >= 15 is 4.39 Å². The first-order chi connectivity index (χ1) is 15.4. The van der Waals surface area contributed by atoms with Crippen LogP contribution in [-0.2, 0) is 15.1 Å². The molecule has 0 radical (unpaired) electrons. The van der Waals surface area contributed by atoms with Crippen molar-refractivity contribution in [3.05, 3.63) is 63.4 Å². The summed E-state index contributed by atoms with van der Waals surface area (Å²) in [4.78, 5) is 29.4. The normalized spacial score (nSPS) is 31.4. The molecule has 2 aromatic carbocycles. The van der Waals surface area contributed by atoms with Crippen LogP contribution in [0.15, 0.2) is 36.4 Å².